The molecule has 1 rings (SSSR count). The van der Waals surface area contributed by atoms with Crippen molar-refractivity contribution < 1.29 is 13.2 Å². The number of nitrogens with two attached hydrogens (primary N) is 1. The molecule has 6 heteroatoms. The molecule has 0 amide bonds. The molecule has 1 aromatic rings. The molecule has 5 nitrogen and oxygen atoms in total. The number of unbranched alkanes of at least 4 members (excludes halogenated alkanes) is 2. The second-order valence-electron chi connectivity index (χ2n) is 4.48. The maximum absolute atomic E-state index is 12.1. The Balaban J connectivity index is 2.54. The van der Waals surface area contributed by atoms with Crippen molar-refractivity contribution >= 4 is 15.7 Å². The van der Waals surface area contributed by atoms with Gasteiger partial charge in [0, 0.05) is 25.9 Å². The number of anilines is 1. The molecule has 3 N–H and O–H groups in total. The van der Waals surface area contributed by atoms with Crippen molar-refractivity contribution in [3.05, 3.63) is 23.8 Å². The van der Waals surface area contributed by atoms with Gasteiger partial charge in [-0.05, 0) is 43.9 Å². The second-order valence-corrected chi connectivity index (χ2v) is 6.21. The molecule has 0 saturated carbocycles. The van der Waals surface area contributed by atoms with Gasteiger partial charge >= 0.3 is 0 Å². The first kappa shape index (κ1) is 15.9. The van der Waals surface area contributed by atoms with Gasteiger partial charge in [-0.15, -0.1) is 0 Å². The van der Waals surface area contributed by atoms with Gasteiger partial charge < -0.3 is 10.5 Å². The Bertz CT molecular complexity index is 501. The number of hydrogen-bond acceptors (Lipinski definition) is 4. The summed E-state index contributed by atoms with van der Waals surface area (Å²) in [7, 11) is -1.81. The van der Waals surface area contributed by atoms with Crippen molar-refractivity contribution in [3.8, 4) is 0 Å². The normalized spacial score (nSPS) is 11.7. The predicted molar refractivity (Wildman–Crippen MR) is 76.5 cm³/mol. The van der Waals surface area contributed by atoms with E-state index in [2.05, 4.69) is 4.72 Å². The first-order chi connectivity index (χ1) is 8.97. The summed E-state index contributed by atoms with van der Waals surface area (Å²) in [4.78, 5) is 0.254. The molecular formula is C13H22N2O3S. The summed E-state index contributed by atoms with van der Waals surface area (Å²) in [5, 5.41) is 0. The van der Waals surface area contributed by atoms with Crippen LogP contribution in [0.15, 0.2) is 23.1 Å². The molecule has 0 saturated heterocycles. The van der Waals surface area contributed by atoms with Crippen LogP contribution in [0.1, 0.15) is 24.8 Å². The zero-order chi connectivity index (χ0) is 14.3. The van der Waals surface area contributed by atoms with Crippen molar-refractivity contribution in [1.82, 2.24) is 4.72 Å². The number of nitrogen functional groups attached to an aromatic ring is 1. The average molecular weight is 286 g/mol. The second kappa shape index (κ2) is 7.47. The third-order valence-corrected chi connectivity index (χ3v) is 4.42. The standard InChI is InChI=1S/C13H22N2O3S/c1-11-6-7-12(14)10-13(11)19(16,17)15-8-4-3-5-9-18-2/h6-7,10,15H,3-5,8-9,14H2,1-2H3. The number of benzene rings is 1. The third kappa shape index (κ3) is 5.18. The van der Waals surface area contributed by atoms with Gasteiger partial charge in [-0.3, -0.25) is 0 Å². The minimum Gasteiger partial charge on any atom is -0.399 e. The molecule has 0 radical (unpaired) electrons. The highest BCUT2D eigenvalue weighted by molar-refractivity contribution is 7.89. The molecule has 0 aromatic heterocycles. The molecule has 0 aliphatic heterocycles. The van der Waals surface area contributed by atoms with Crippen LogP contribution < -0.4 is 10.5 Å². The monoisotopic (exact) mass is 286 g/mol. The zero-order valence-corrected chi connectivity index (χ0v) is 12.3. The van der Waals surface area contributed by atoms with E-state index in [1.54, 1.807) is 26.2 Å². The Morgan fingerprint density at radius 1 is 1.26 bits per heavy atom. The zero-order valence-electron chi connectivity index (χ0n) is 11.5. The SMILES string of the molecule is COCCCCCNS(=O)(=O)c1cc(N)ccc1C. The van der Waals surface area contributed by atoms with Crippen LogP contribution in [0.2, 0.25) is 0 Å². The molecule has 0 unspecified atom stereocenters. The summed E-state index contributed by atoms with van der Waals surface area (Å²) in [6, 6.07) is 4.89. The third-order valence-electron chi connectivity index (χ3n) is 2.82. The molecule has 0 aliphatic rings. The molecule has 19 heavy (non-hydrogen) atoms. The average Bonchev–Trinajstić information content (AvgIpc) is 2.36. The molecule has 0 atom stereocenters. The molecule has 0 bridgehead atoms. The first-order valence-electron chi connectivity index (χ1n) is 6.32. The Morgan fingerprint density at radius 3 is 2.68 bits per heavy atom. The van der Waals surface area contributed by atoms with Gasteiger partial charge in [0.1, 0.15) is 0 Å². The minimum atomic E-state index is -3.47. The van der Waals surface area contributed by atoms with E-state index >= 15 is 0 Å². The molecule has 0 spiro atoms. The van der Waals surface area contributed by atoms with Gasteiger partial charge in [-0.2, -0.15) is 0 Å². The van der Waals surface area contributed by atoms with E-state index in [0.717, 1.165) is 19.3 Å². The summed E-state index contributed by atoms with van der Waals surface area (Å²) in [5.41, 5.74) is 6.77. The maximum Gasteiger partial charge on any atom is 0.240 e. The Kier molecular flexibility index (Phi) is 6.27. The van der Waals surface area contributed by atoms with Gasteiger partial charge in [0.25, 0.3) is 0 Å². The summed E-state index contributed by atoms with van der Waals surface area (Å²) in [6.07, 6.45) is 2.67. The van der Waals surface area contributed by atoms with E-state index in [-0.39, 0.29) is 4.90 Å². The Morgan fingerprint density at radius 2 is 2.00 bits per heavy atom. The highest BCUT2D eigenvalue weighted by Crippen LogP contribution is 2.18. The lowest BCUT2D eigenvalue weighted by Crippen LogP contribution is -2.25. The molecule has 1 aromatic carbocycles. The van der Waals surface area contributed by atoms with E-state index in [4.69, 9.17) is 10.5 Å². The van der Waals surface area contributed by atoms with Crippen LogP contribution in [0.5, 0.6) is 0 Å². The summed E-state index contributed by atoms with van der Waals surface area (Å²) in [6.45, 7) is 2.90. The smallest absolute Gasteiger partial charge is 0.240 e. The molecule has 0 heterocycles. The van der Waals surface area contributed by atoms with Crippen LogP contribution in [0.4, 0.5) is 5.69 Å². The fourth-order valence-corrected chi connectivity index (χ4v) is 3.09. The van der Waals surface area contributed by atoms with Crippen LogP contribution in [0, 0.1) is 6.92 Å². The predicted octanol–water partition coefficient (Wildman–Crippen LogP) is 1.67. The van der Waals surface area contributed by atoms with Gasteiger partial charge in [-0.1, -0.05) is 6.07 Å². The van der Waals surface area contributed by atoms with Gasteiger partial charge in [-0.25, -0.2) is 13.1 Å². The fourth-order valence-electron chi connectivity index (χ4n) is 1.74. The number of aryl methyl sites for hydroxylation is 1. The maximum atomic E-state index is 12.1. The highest BCUT2D eigenvalue weighted by atomic mass is 32.2. The van der Waals surface area contributed by atoms with Gasteiger partial charge in [0.15, 0.2) is 0 Å². The summed E-state index contributed by atoms with van der Waals surface area (Å²) in [5.74, 6) is 0. The first-order valence-corrected chi connectivity index (χ1v) is 7.80. The Hall–Kier alpha value is -1.11. The van der Waals surface area contributed by atoms with E-state index in [9.17, 15) is 8.42 Å². The van der Waals surface area contributed by atoms with Crippen LogP contribution in [0.3, 0.4) is 0 Å². The van der Waals surface area contributed by atoms with Crippen molar-refractivity contribution in [2.45, 2.75) is 31.1 Å². The topological polar surface area (TPSA) is 81.4 Å². The van der Waals surface area contributed by atoms with Crippen molar-refractivity contribution in [2.24, 2.45) is 0 Å². The van der Waals surface area contributed by atoms with Crippen molar-refractivity contribution in [3.63, 3.8) is 0 Å². The molecule has 108 valence electrons. The van der Waals surface area contributed by atoms with Gasteiger partial charge in [0.2, 0.25) is 10.0 Å². The highest BCUT2D eigenvalue weighted by Gasteiger charge is 2.16. The molecule has 0 aliphatic carbocycles. The summed E-state index contributed by atoms with van der Waals surface area (Å²) < 4.78 is 31.7. The lowest BCUT2D eigenvalue weighted by molar-refractivity contribution is 0.192. The van der Waals surface area contributed by atoms with Crippen LogP contribution in [-0.4, -0.2) is 28.7 Å². The molecule has 0 fully saturated rings. The Labute approximate surface area is 115 Å². The van der Waals surface area contributed by atoms with Crippen molar-refractivity contribution in [1.29, 1.82) is 0 Å². The number of rotatable bonds is 8. The lowest BCUT2D eigenvalue weighted by atomic mass is 10.2. The van der Waals surface area contributed by atoms with Crippen LogP contribution >= 0.6 is 0 Å². The van der Waals surface area contributed by atoms with Crippen LogP contribution in [-0.2, 0) is 14.8 Å². The van der Waals surface area contributed by atoms with E-state index in [1.807, 2.05) is 0 Å². The molecular weight excluding hydrogens is 264 g/mol. The van der Waals surface area contributed by atoms with Gasteiger partial charge in [0.05, 0.1) is 4.90 Å². The number of sulfonamides is 1. The largest absolute Gasteiger partial charge is 0.399 e. The van der Waals surface area contributed by atoms with Crippen LogP contribution in [0.25, 0.3) is 0 Å². The lowest BCUT2D eigenvalue weighted by Gasteiger charge is -2.10. The van der Waals surface area contributed by atoms with E-state index in [0.29, 0.717) is 24.4 Å². The number of nitrogens with one attached hydrogen (secondary N) is 1. The fraction of sp³-hybridized carbons (Fsp3) is 0.538. The number of ether oxygens (including phenoxy) is 1. The number of methoxy groups -OCH3 is 1. The quantitative estimate of drug-likeness (QED) is 0.562. The van der Waals surface area contributed by atoms with E-state index < -0.39 is 10.0 Å². The summed E-state index contributed by atoms with van der Waals surface area (Å²) >= 11 is 0. The number of hydrogen-bond donors (Lipinski definition) is 2. The van der Waals surface area contributed by atoms with E-state index in [1.165, 1.54) is 6.07 Å². The minimum absolute atomic E-state index is 0.254. The van der Waals surface area contributed by atoms with Crippen molar-refractivity contribution in [2.75, 3.05) is 26.0 Å².